The van der Waals surface area contributed by atoms with E-state index in [-0.39, 0.29) is 5.97 Å². The second kappa shape index (κ2) is 10.3. The lowest BCUT2D eigenvalue weighted by atomic mass is 10.1. The molecule has 0 fully saturated rings. The number of hydrogen-bond donors (Lipinski definition) is 0. The van der Waals surface area contributed by atoms with Crippen LogP contribution >= 0.6 is 0 Å². The molecule has 0 aliphatic carbocycles. The summed E-state index contributed by atoms with van der Waals surface area (Å²) in [6.07, 6.45) is 11.8. The minimum Gasteiger partial charge on any atom is -0.469 e. The zero-order valence-electron chi connectivity index (χ0n) is 9.42. The van der Waals surface area contributed by atoms with Gasteiger partial charge >= 0.3 is 5.97 Å². The molecule has 82 valence electrons. The first-order valence-electron chi connectivity index (χ1n) is 5.53. The van der Waals surface area contributed by atoms with Crippen molar-refractivity contribution in [2.75, 3.05) is 7.11 Å². The Kier molecular flexibility index (Phi) is 9.71. The number of methoxy groups -OCH3 is 1. The first-order chi connectivity index (χ1) is 6.81. The summed E-state index contributed by atoms with van der Waals surface area (Å²) >= 11 is 0. The standard InChI is InChI=1S/C12H22O2/c1-3-4-5-6-7-8-9-10-11-12(13)14-2/h5-6H,3-4,7-11H2,1-2H3. The smallest absolute Gasteiger partial charge is 0.305 e. The summed E-state index contributed by atoms with van der Waals surface area (Å²) in [6.45, 7) is 2.18. The Labute approximate surface area is 87.3 Å². The van der Waals surface area contributed by atoms with E-state index in [2.05, 4.69) is 23.8 Å². The van der Waals surface area contributed by atoms with E-state index in [1.54, 1.807) is 0 Å². The highest BCUT2D eigenvalue weighted by Crippen LogP contribution is 2.04. The molecule has 0 saturated carbocycles. The SMILES string of the molecule is CCCC=CCCCCCC(=O)OC. The number of hydrogen-bond acceptors (Lipinski definition) is 2. The zero-order valence-corrected chi connectivity index (χ0v) is 9.42. The maximum atomic E-state index is 10.7. The Morgan fingerprint density at radius 2 is 1.86 bits per heavy atom. The van der Waals surface area contributed by atoms with Gasteiger partial charge in [0, 0.05) is 6.42 Å². The average Bonchev–Trinajstić information content (AvgIpc) is 2.21. The maximum Gasteiger partial charge on any atom is 0.305 e. The maximum absolute atomic E-state index is 10.7. The fourth-order valence-electron chi connectivity index (χ4n) is 1.21. The van der Waals surface area contributed by atoms with Gasteiger partial charge in [-0.25, -0.2) is 0 Å². The fraction of sp³-hybridized carbons (Fsp3) is 0.750. The summed E-state index contributed by atoms with van der Waals surface area (Å²) < 4.78 is 4.56. The number of esters is 1. The van der Waals surface area contributed by atoms with E-state index in [4.69, 9.17) is 0 Å². The van der Waals surface area contributed by atoms with Crippen LogP contribution in [0.1, 0.15) is 51.9 Å². The van der Waals surface area contributed by atoms with Crippen LogP contribution in [-0.2, 0) is 9.53 Å². The zero-order chi connectivity index (χ0) is 10.6. The molecule has 0 aromatic heterocycles. The van der Waals surface area contributed by atoms with Gasteiger partial charge in [0.25, 0.3) is 0 Å². The van der Waals surface area contributed by atoms with Gasteiger partial charge < -0.3 is 4.74 Å². The number of allylic oxidation sites excluding steroid dienone is 2. The second-order valence-corrected chi connectivity index (χ2v) is 3.44. The Balaban J connectivity index is 3.10. The molecule has 0 saturated heterocycles. The third-order valence-electron chi connectivity index (χ3n) is 2.10. The first-order valence-corrected chi connectivity index (χ1v) is 5.53. The molecule has 0 rings (SSSR count). The van der Waals surface area contributed by atoms with Crippen molar-refractivity contribution < 1.29 is 9.53 Å². The van der Waals surface area contributed by atoms with Crippen LogP contribution in [-0.4, -0.2) is 13.1 Å². The molecular weight excluding hydrogens is 176 g/mol. The van der Waals surface area contributed by atoms with Crippen molar-refractivity contribution in [1.82, 2.24) is 0 Å². The third-order valence-corrected chi connectivity index (χ3v) is 2.10. The minimum absolute atomic E-state index is 0.0912. The van der Waals surface area contributed by atoms with Crippen molar-refractivity contribution in [2.24, 2.45) is 0 Å². The third kappa shape index (κ3) is 9.30. The molecule has 0 amide bonds. The van der Waals surface area contributed by atoms with Crippen LogP contribution in [0.15, 0.2) is 12.2 Å². The second-order valence-electron chi connectivity index (χ2n) is 3.44. The highest BCUT2D eigenvalue weighted by atomic mass is 16.5. The molecule has 0 aromatic rings. The van der Waals surface area contributed by atoms with Gasteiger partial charge in [-0.1, -0.05) is 31.9 Å². The molecule has 0 radical (unpaired) electrons. The van der Waals surface area contributed by atoms with Crippen LogP contribution in [0.4, 0.5) is 0 Å². The van der Waals surface area contributed by atoms with E-state index in [1.165, 1.54) is 26.4 Å². The van der Waals surface area contributed by atoms with Gasteiger partial charge in [-0.05, 0) is 25.7 Å². The number of rotatable bonds is 8. The number of unbranched alkanes of at least 4 members (excludes halogenated alkanes) is 4. The summed E-state index contributed by atoms with van der Waals surface area (Å²) in [5.41, 5.74) is 0. The van der Waals surface area contributed by atoms with Gasteiger partial charge in [-0.3, -0.25) is 4.79 Å². The van der Waals surface area contributed by atoms with Gasteiger partial charge in [-0.15, -0.1) is 0 Å². The van der Waals surface area contributed by atoms with E-state index >= 15 is 0 Å². The van der Waals surface area contributed by atoms with Crippen molar-refractivity contribution in [2.45, 2.75) is 51.9 Å². The van der Waals surface area contributed by atoms with Crippen LogP contribution in [0.3, 0.4) is 0 Å². The van der Waals surface area contributed by atoms with Gasteiger partial charge in [0.2, 0.25) is 0 Å². The van der Waals surface area contributed by atoms with Crippen molar-refractivity contribution in [3.05, 3.63) is 12.2 Å². The summed E-state index contributed by atoms with van der Waals surface area (Å²) in [7, 11) is 1.44. The Morgan fingerprint density at radius 1 is 1.14 bits per heavy atom. The van der Waals surface area contributed by atoms with Crippen molar-refractivity contribution in [3.63, 3.8) is 0 Å². The van der Waals surface area contributed by atoms with E-state index in [9.17, 15) is 4.79 Å². The monoisotopic (exact) mass is 198 g/mol. The van der Waals surface area contributed by atoms with Gasteiger partial charge in [-0.2, -0.15) is 0 Å². The number of ether oxygens (including phenoxy) is 1. The summed E-state index contributed by atoms with van der Waals surface area (Å²) in [4.78, 5) is 10.7. The first kappa shape index (κ1) is 13.2. The molecule has 0 unspecified atom stereocenters. The molecule has 0 aromatic carbocycles. The summed E-state index contributed by atoms with van der Waals surface area (Å²) in [5.74, 6) is -0.0912. The normalized spacial score (nSPS) is 10.7. The van der Waals surface area contributed by atoms with E-state index in [0.29, 0.717) is 6.42 Å². The van der Waals surface area contributed by atoms with Crippen LogP contribution in [0.25, 0.3) is 0 Å². The van der Waals surface area contributed by atoms with Crippen LogP contribution in [0.5, 0.6) is 0 Å². The van der Waals surface area contributed by atoms with Crippen molar-refractivity contribution in [1.29, 1.82) is 0 Å². The van der Waals surface area contributed by atoms with Gasteiger partial charge in [0.1, 0.15) is 0 Å². The highest BCUT2D eigenvalue weighted by molar-refractivity contribution is 5.68. The van der Waals surface area contributed by atoms with Crippen molar-refractivity contribution in [3.8, 4) is 0 Å². The number of carbonyl (C=O) groups excluding carboxylic acids is 1. The van der Waals surface area contributed by atoms with Crippen LogP contribution < -0.4 is 0 Å². The van der Waals surface area contributed by atoms with Gasteiger partial charge in [0.15, 0.2) is 0 Å². The fourth-order valence-corrected chi connectivity index (χ4v) is 1.21. The summed E-state index contributed by atoms with van der Waals surface area (Å²) in [6, 6.07) is 0. The topological polar surface area (TPSA) is 26.3 Å². The van der Waals surface area contributed by atoms with Crippen LogP contribution in [0, 0.1) is 0 Å². The van der Waals surface area contributed by atoms with Gasteiger partial charge in [0.05, 0.1) is 7.11 Å². The molecule has 0 N–H and O–H groups in total. The quantitative estimate of drug-likeness (QED) is 0.339. The lowest BCUT2D eigenvalue weighted by molar-refractivity contribution is -0.140. The largest absolute Gasteiger partial charge is 0.469 e. The molecule has 0 atom stereocenters. The van der Waals surface area contributed by atoms with Crippen molar-refractivity contribution >= 4 is 5.97 Å². The van der Waals surface area contributed by atoms with E-state index < -0.39 is 0 Å². The molecular formula is C12H22O2. The van der Waals surface area contributed by atoms with E-state index in [0.717, 1.165) is 19.3 Å². The molecule has 0 bridgehead atoms. The van der Waals surface area contributed by atoms with E-state index in [1.807, 2.05) is 0 Å². The lowest BCUT2D eigenvalue weighted by Gasteiger charge is -1.98. The Hall–Kier alpha value is -0.790. The summed E-state index contributed by atoms with van der Waals surface area (Å²) in [5, 5.41) is 0. The van der Waals surface area contributed by atoms with Crippen LogP contribution in [0.2, 0.25) is 0 Å². The number of carbonyl (C=O) groups is 1. The minimum atomic E-state index is -0.0912. The highest BCUT2D eigenvalue weighted by Gasteiger charge is 1.97. The molecule has 0 spiro atoms. The molecule has 0 aliphatic heterocycles. The molecule has 2 nitrogen and oxygen atoms in total. The predicted octanol–water partition coefficient (Wildman–Crippen LogP) is 3.47. The molecule has 2 heteroatoms. The predicted molar refractivity (Wildman–Crippen MR) is 59.1 cm³/mol. The Morgan fingerprint density at radius 3 is 2.50 bits per heavy atom. The Bertz CT molecular complexity index is 162. The molecule has 0 heterocycles. The molecule has 14 heavy (non-hydrogen) atoms. The molecule has 0 aliphatic rings. The average molecular weight is 198 g/mol. The lowest BCUT2D eigenvalue weighted by Crippen LogP contribution is -1.98.